The minimum absolute atomic E-state index is 0.534. The fraction of sp³-hybridized carbons (Fsp3) is 0. The lowest BCUT2D eigenvalue weighted by atomic mass is 9.97. The van der Waals surface area contributed by atoms with Crippen LogP contribution in [-0.4, -0.2) is 19.9 Å². The number of fused-ring (bicyclic) bond motifs is 6. The molecule has 0 N–H and O–H groups in total. The quantitative estimate of drug-likeness (QED) is 0.186. The molecule has 0 bridgehead atoms. The molecule has 0 atom stereocenters. The van der Waals surface area contributed by atoms with E-state index in [1.54, 1.807) is 6.20 Å². The van der Waals surface area contributed by atoms with Crippen LogP contribution >= 0.6 is 0 Å². The van der Waals surface area contributed by atoms with Crippen molar-refractivity contribution in [2.75, 3.05) is 0 Å². The van der Waals surface area contributed by atoms with Crippen molar-refractivity contribution in [3.63, 3.8) is 0 Å². The van der Waals surface area contributed by atoms with Gasteiger partial charge >= 0.3 is 0 Å². The Kier molecular flexibility index (Phi) is 6.39. The number of benzene rings is 6. The van der Waals surface area contributed by atoms with Gasteiger partial charge < -0.3 is 8.83 Å². The molecule has 0 aliphatic carbocycles. The Bertz CT molecular complexity index is 2880. The Morgan fingerprint density at radius 3 is 1.96 bits per heavy atom. The van der Waals surface area contributed by atoms with E-state index in [4.69, 9.17) is 23.8 Å². The summed E-state index contributed by atoms with van der Waals surface area (Å²) < 4.78 is 12.9. The number of nitrogens with zero attached hydrogens (tertiary/aromatic N) is 4. The average Bonchev–Trinajstić information content (AvgIpc) is 3.77. The molecule has 0 amide bonds. The van der Waals surface area contributed by atoms with Gasteiger partial charge in [0.2, 0.25) is 0 Å². The molecule has 0 spiro atoms. The van der Waals surface area contributed by atoms with Crippen molar-refractivity contribution in [1.29, 1.82) is 0 Å². The van der Waals surface area contributed by atoms with E-state index in [1.165, 1.54) is 0 Å². The van der Waals surface area contributed by atoms with Crippen molar-refractivity contribution in [2.45, 2.75) is 0 Å². The average molecular weight is 643 g/mol. The third kappa shape index (κ3) is 4.65. The Hall–Kier alpha value is -6.92. The first-order valence-corrected chi connectivity index (χ1v) is 16.5. The Morgan fingerprint density at radius 1 is 0.380 bits per heavy atom. The summed E-state index contributed by atoms with van der Waals surface area (Å²) in [7, 11) is 0. The molecule has 6 aromatic carbocycles. The van der Waals surface area contributed by atoms with Crippen LogP contribution in [0.25, 0.3) is 100 Å². The first kappa shape index (κ1) is 28.1. The Balaban J connectivity index is 1.16. The third-order valence-corrected chi connectivity index (χ3v) is 9.20. The van der Waals surface area contributed by atoms with E-state index < -0.39 is 0 Å². The number of hydrogen-bond acceptors (Lipinski definition) is 6. The summed E-state index contributed by atoms with van der Waals surface area (Å²) in [5, 5.41) is 4.22. The van der Waals surface area contributed by atoms with Crippen molar-refractivity contribution < 1.29 is 8.83 Å². The van der Waals surface area contributed by atoms with Gasteiger partial charge in [0.15, 0.2) is 17.5 Å². The van der Waals surface area contributed by atoms with Crippen LogP contribution in [0.4, 0.5) is 0 Å². The van der Waals surface area contributed by atoms with Gasteiger partial charge in [0, 0.05) is 44.4 Å². The Labute approximate surface area is 286 Å². The second-order valence-electron chi connectivity index (χ2n) is 12.2. The molecule has 234 valence electrons. The normalized spacial score (nSPS) is 11.6. The highest BCUT2D eigenvalue weighted by atomic mass is 16.3. The lowest BCUT2D eigenvalue weighted by Gasteiger charge is -2.10. The second kappa shape index (κ2) is 11.4. The maximum Gasteiger partial charge on any atom is 0.167 e. The van der Waals surface area contributed by atoms with E-state index in [0.717, 1.165) is 83.0 Å². The predicted octanol–water partition coefficient (Wildman–Crippen LogP) is 11.4. The summed E-state index contributed by atoms with van der Waals surface area (Å²) >= 11 is 0. The van der Waals surface area contributed by atoms with Crippen molar-refractivity contribution in [3.05, 3.63) is 158 Å². The standard InChI is InChI=1S/C44H26N4O2/c1-2-11-27(12-3-1)42-46-43(30-14-8-13-29(25-30)36-19-6-7-24-45-36)48-44(47-42)35-18-9-17-34-40-31(16-10-21-38(40)50-41(34)35)28-22-23-33-32-15-4-5-20-37(32)49-39(33)26-28/h1-26H. The molecule has 4 heterocycles. The monoisotopic (exact) mass is 642 g/mol. The maximum absolute atomic E-state index is 6.67. The van der Waals surface area contributed by atoms with Gasteiger partial charge in [-0.1, -0.05) is 103 Å². The van der Waals surface area contributed by atoms with Crippen LogP contribution in [0.1, 0.15) is 0 Å². The topological polar surface area (TPSA) is 77.8 Å². The summed E-state index contributed by atoms with van der Waals surface area (Å²) in [4.78, 5) is 19.6. The summed E-state index contributed by atoms with van der Waals surface area (Å²) in [5.74, 6) is 1.69. The smallest absolute Gasteiger partial charge is 0.167 e. The molecular weight excluding hydrogens is 617 g/mol. The van der Waals surface area contributed by atoms with Crippen molar-refractivity contribution in [1.82, 2.24) is 19.9 Å². The molecule has 0 fully saturated rings. The zero-order chi connectivity index (χ0) is 33.0. The number of furan rings is 2. The highest BCUT2D eigenvalue weighted by Gasteiger charge is 2.20. The molecule has 0 saturated carbocycles. The lowest BCUT2D eigenvalue weighted by molar-refractivity contribution is 0.668. The molecule has 0 aliphatic rings. The van der Waals surface area contributed by atoms with Gasteiger partial charge in [-0.05, 0) is 59.7 Å². The van der Waals surface area contributed by atoms with Gasteiger partial charge in [-0.25, -0.2) is 15.0 Å². The summed E-state index contributed by atoms with van der Waals surface area (Å²) in [5.41, 5.74) is 9.79. The molecule has 0 radical (unpaired) electrons. The van der Waals surface area contributed by atoms with Gasteiger partial charge in [0.25, 0.3) is 0 Å². The van der Waals surface area contributed by atoms with Gasteiger partial charge in [-0.2, -0.15) is 0 Å². The highest BCUT2D eigenvalue weighted by Crippen LogP contribution is 2.41. The molecule has 10 aromatic rings. The van der Waals surface area contributed by atoms with Crippen LogP contribution in [0.5, 0.6) is 0 Å². The van der Waals surface area contributed by atoms with Crippen LogP contribution in [0.2, 0.25) is 0 Å². The zero-order valence-electron chi connectivity index (χ0n) is 26.6. The zero-order valence-corrected chi connectivity index (χ0v) is 26.6. The second-order valence-corrected chi connectivity index (χ2v) is 12.2. The molecule has 0 unspecified atom stereocenters. The SMILES string of the molecule is c1ccc(-c2nc(-c3cccc(-c4ccccn4)c3)nc(-c3cccc4c3oc3cccc(-c5ccc6c(c5)oc5ccccc56)c34)n2)cc1. The van der Waals surface area contributed by atoms with E-state index in [0.29, 0.717) is 17.5 Å². The van der Waals surface area contributed by atoms with Crippen LogP contribution in [-0.2, 0) is 0 Å². The minimum Gasteiger partial charge on any atom is -0.456 e. The maximum atomic E-state index is 6.67. The largest absolute Gasteiger partial charge is 0.456 e. The Morgan fingerprint density at radius 2 is 1.06 bits per heavy atom. The number of aromatic nitrogens is 4. The van der Waals surface area contributed by atoms with E-state index in [9.17, 15) is 0 Å². The summed E-state index contributed by atoms with van der Waals surface area (Å²) in [6.07, 6.45) is 1.80. The molecule has 4 aromatic heterocycles. The van der Waals surface area contributed by atoms with Crippen LogP contribution in [0.15, 0.2) is 167 Å². The molecule has 10 rings (SSSR count). The summed E-state index contributed by atoms with van der Waals surface area (Å²) in [6, 6.07) is 51.0. The molecule has 50 heavy (non-hydrogen) atoms. The molecule has 0 aliphatic heterocycles. The first-order valence-electron chi connectivity index (χ1n) is 16.5. The van der Waals surface area contributed by atoms with Gasteiger partial charge in [0.1, 0.15) is 22.3 Å². The minimum atomic E-state index is 0.534. The van der Waals surface area contributed by atoms with Gasteiger partial charge in [-0.3, -0.25) is 4.98 Å². The predicted molar refractivity (Wildman–Crippen MR) is 199 cm³/mol. The number of hydrogen-bond donors (Lipinski definition) is 0. The first-order chi connectivity index (χ1) is 24.8. The van der Waals surface area contributed by atoms with Crippen LogP contribution in [0, 0.1) is 0 Å². The number of pyridine rings is 1. The van der Waals surface area contributed by atoms with Crippen molar-refractivity contribution in [3.8, 4) is 56.5 Å². The van der Waals surface area contributed by atoms with E-state index in [2.05, 4.69) is 47.4 Å². The number of para-hydroxylation sites is 2. The van der Waals surface area contributed by atoms with E-state index in [-0.39, 0.29) is 0 Å². The fourth-order valence-electron chi connectivity index (χ4n) is 6.85. The van der Waals surface area contributed by atoms with E-state index in [1.807, 2.05) is 109 Å². The lowest BCUT2D eigenvalue weighted by Crippen LogP contribution is -2.00. The van der Waals surface area contributed by atoms with Gasteiger partial charge in [0.05, 0.1) is 11.3 Å². The van der Waals surface area contributed by atoms with Crippen molar-refractivity contribution >= 4 is 43.9 Å². The fourth-order valence-corrected chi connectivity index (χ4v) is 6.85. The summed E-state index contributed by atoms with van der Waals surface area (Å²) in [6.45, 7) is 0. The molecular formula is C44H26N4O2. The molecule has 0 saturated heterocycles. The number of rotatable bonds is 5. The highest BCUT2D eigenvalue weighted by molar-refractivity contribution is 6.16. The van der Waals surface area contributed by atoms with Gasteiger partial charge in [-0.15, -0.1) is 0 Å². The van der Waals surface area contributed by atoms with E-state index >= 15 is 0 Å². The van der Waals surface area contributed by atoms with Crippen LogP contribution in [0.3, 0.4) is 0 Å². The van der Waals surface area contributed by atoms with Crippen LogP contribution < -0.4 is 0 Å². The third-order valence-electron chi connectivity index (χ3n) is 9.20. The molecule has 6 nitrogen and oxygen atoms in total. The molecule has 6 heteroatoms. The van der Waals surface area contributed by atoms with Crippen molar-refractivity contribution in [2.24, 2.45) is 0 Å².